The molecule has 0 atom stereocenters. The first-order chi connectivity index (χ1) is 7.96. The average Bonchev–Trinajstić information content (AvgIpc) is 2.26. The molecular weight excluding hydrogens is 208 g/mol. The Bertz CT molecular complexity index is 424. The smallest absolute Gasteiger partial charge is 0.163 e. The van der Waals surface area contributed by atoms with Crippen molar-refractivity contribution < 1.29 is 4.79 Å². The molecule has 0 aromatic heterocycles. The standard InChI is InChI=1S/C16H22O/c1-16(2,3)11-15(17)14-9-8-12-6-4-5-7-13(12)10-14/h8-10H,4-7,11H2,1-3H3. The van der Waals surface area contributed by atoms with Crippen LogP contribution in [0.25, 0.3) is 0 Å². The summed E-state index contributed by atoms with van der Waals surface area (Å²) in [6, 6.07) is 6.30. The summed E-state index contributed by atoms with van der Waals surface area (Å²) in [4.78, 5) is 12.1. The molecule has 0 saturated carbocycles. The molecule has 1 nitrogen and oxygen atoms in total. The highest BCUT2D eigenvalue weighted by atomic mass is 16.1. The van der Waals surface area contributed by atoms with Crippen LogP contribution in [0.2, 0.25) is 0 Å². The summed E-state index contributed by atoms with van der Waals surface area (Å²) < 4.78 is 0. The molecular formula is C16H22O. The fraction of sp³-hybridized carbons (Fsp3) is 0.562. The van der Waals surface area contributed by atoms with E-state index in [9.17, 15) is 4.79 Å². The zero-order valence-corrected chi connectivity index (χ0v) is 11.2. The van der Waals surface area contributed by atoms with Gasteiger partial charge in [-0.25, -0.2) is 0 Å². The molecule has 0 amide bonds. The van der Waals surface area contributed by atoms with Crippen molar-refractivity contribution in [1.82, 2.24) is 0 Å². The van der Waals surface area contributed by atoms with Crippen molar-refractivity contribution in [2.75, 3.05) is 0 Å². The maximum absolute atomic E-state index is 12.1. The molecule has 1 heteroatoms. The maximum atomic E-state index is 12.1. The molecule has 1 aromatic carbocycles. The zero-order chi connectivity index (χ0) is 12.5. The van der Waals surface area contributed by atoms with Gasteiger partial charge in [-0.05, 0) is 48.3 Å². The lowest BCUT2D eigenvalue weighted by atomic mass is 9.85. The molecule has 1 aliphatic rings. The van der Waals surface area contributed by atoms with Crippen LogP contribution in [0.5, 0.6) is 0 Å². The summed E-state index contributed by atoms with van der Waals surface area (Å²) in [6.07, 6.45) is 5.52. The van der Waals surface area contributed by atoms with Crippen LogP contribution in [0, 0.1) is 5.41 Å². The van der Waals surface area contributed by atoms with Crippen LogP contribution in [0.3, 0.4) is 0 Å². The van der Waals surface area contributed by atoms with Gasteiger partial charge in [0.1, 0.15) is 0 Å². The van der Waals surface area contributed by atoms with Crippen molar-refractivity contribution in [3.05, 3.63) is 34.9 Å². The lowest BCUT2D eigenvalue weighted by Crippen LogP contribution is -2.14. The van der Waals surface area contributed by atoms with Gasteiger partial charge >= 0.3 is 0 Å². The molecule has 0 fully saturated rings. The Morgan fingerprint density at radius 2 is 1.76 bits per heavy atom. The van der Waals surface area contributed by atoms with E-state index < -0.39 is 0 Å². The predicted molar refractivity (Wildman–Crippen MR) is 71.5 cm³/mol. The minimum Gasteiger partial charge on any atom is -0.294 e. The van der Waals surface area contributed by atoms with Crippen LogP contribution in [0.4, 0.5) is 0 Å². The molecule has 0 spiro atoms. The Balaban J connectivity index is 2.19. The van der Waals surface area contributed by atoms with Gasteiger partial charge in [0.05, 0.1) is 0 Å². The Labute approximate surface area is 104 Å². The third-order valence-corrected chi connectivity index (χ3v) is 3.36. The number of fused-ring (bicyclic) bond motifs is 1. The van der Waals surface area contributed by atoms with Gasteiger partial charge < -0.3 is 0 Å². The van der Waals surface area contributed by atoms with Crippen LogP contribution < -0.4 is 0 Å². The monoisotopic (exact) mass is 230 g/mol. The summed E-state index contributed by atoms with van der Waals surface area (Å²) in [5.41, 5.74) is 3.83. The Morgan fingerprint density at radius 1 is 1.12 bits per heavy atom. The van der Waals surface area contributed by atoms with Crippen molar-refractivity contribution >= 4 is 5.78 Å². The SMILES string of the molecule is CC(C)(C)CC(=O)c1ccc2c(c1)CCCC2. The van der Waals surface area contributed by atoms with E-state index in [-0.39, 0.29) is 11.2 Å². The number of carbonyl (C=O) groups is 1. The molecule has 0 unspecified atom stereocenters. The number of hydrogen-bond acceptors (Lipinski definition) is 1. The second-order valence-electron chi connectivity index (χ2n) is 6.35. The number of benzene rings is 1. The van der Waals surface area contributed by atoms with Crippen LogP contribution >= 0.6 is 0 Å². The summed E-state index contributed by atoms with van der Waals surface area (Å²) in [6.45, 7) is 6.34. The summed E-state index contributed by atoms with van der Waals surface area (Å²) in [5, 5.41) is 0. The van der Waals surface area contributed by atoms with E-state index >= 15 is 0 Å². The van der Waals surface area contributed by atoms with Gasteiger partial charge in [-0.15, -0.1) is 0 Å². The topological polar surface area (TPSA) is 17.1 Å². The minimum absolute atomic E-state index is 0.0764. The van der Waals surface area contributed by atoms with Crippen LogP contribution in [-0.4, -0.2) is 5.78 Å². The molecule has 0 saturated heterocycles. The molecule has 1 aliphatic carbocycles. The maximum Gasteiger partial charge on any atom is 0.163 e. The molecule has 2 rings (SSSR count). The Hall–Kier alpha value is -1.11. The van der Waals surface area contributed by atoms with E-state index in [0.717, 1.165) is 12.0 Å². The summed E-state index contributed by atoms with van der Waals surface area (Å²) >= 11 is 0. The number of Topliss-reactive ketones (excluding diaryl/α,β-unsaturated/α-hetero) is 1. The van der Waals surface area contributed by atoms with Crippen LogP contribution in [-0.2, 0) is 12.8 Å². The van der Waals surface area contributed by atoms with Crippen molar-refractivity contribution in [2.45, 2.75) is 52.9 Å². The number of ketones is 1. The van der Waals surface area contributed by atoms with Gasteiger partial charge in [-0.3, -0.25) is 4.79 Å². The third-order valence-electron chi connectivity index (χ3n) is 3.36. The molecule has 0 radical (unpaired) electrons. The second-order valence-corrected chi connectivity index (χ2v) is 6.35. The highest BCUT2D eigenvalue weighted by Gasteiger charge is 2.18. The molecule has 0 aliphatic heterocycles. The Kier molecular flexibility index (Phi) is 3.37. The van der Waals surface area contributed by atoms with E-state index in [1.807, 2.05) is 6.07 Å². The van der Waals surface area contributed by atoms with Crippen LogP contribution in [0.15, 0.2) is 18.2 Å². The van der Waals surface area contributed by atoms with E-state index in [4.69, 9.17) is 0 Å². The molecule has 17 heavy (non-hydrogen) atoms. The van der Waals surface area contributed by atoms with Gasteiger partial charge in [0.25, 0.3) is 0 Å². The minimum atomic E-state index is 0.0764. The van der Waals surface area contributed by atoms with Crippen molar-refractivity contribution in [3.8, 4) is 0 Å². The van der Waals surface area contributed by atoms with E-state index in [1.54, 1.807) is 0 Å². The molecule has 0 N–H and O–H groups in total. The molecule has 0 bridgehead atoms. The quantitative estimate of drug-likeness (QED) is 0.696. The second kappa shape index (κ2) is 4.64. The molecule has 0 heterocycles. The van der Waals surface area contributed by atoms with Gasteiger partial charge in [0, 0.05) is 12.0 Å². The normalized spacial score (nSPS) is 15.5. The molecule has 92 valence electrons. The van der Waals surface area contributed by atoms with Gasteiger partial charge in [0.2, 0.25) is 0 Å². The van der Waals surface area contributed by atoms with Gasteiger partial charge in [0.15, 0.2) is 5.78 Å². The van der Waals surface area contributed by atoms with Crippen molar-refractivity contribution in [1.29, 1.82) is 0 Å². The number of aryl methyl sites for hydroxylation is 2. The van der Waals surface area contributed by atoms with E-state index in [0.29, 0.717) is 6.42 Å². The lowest BCUT2D eigenvalue weighted by Gasteiger charge is -2.19. The first-order valence-corrected chi connectivity index (χ1v) is 6.61. The van der Waals surface area contributed by atoms with Crippen molar-refractivity contribution in [3.63, 3.8) is 0 Å². The average molecular weight is 230 g/mol. The van der Waals surface area contributed by atoms with Gasteiger partial charge in [-0.1, -0.05) is 32.9 Å². The first kappa shape index (κ1) is 12.3. The van der Waals surface area contributed by atoms with E-state index in [1.165, 1.54) is 30.4 Å². The largest absolute Gasteiger partial charge is 0.294 e. The fourth-order valence-corrected chi connectivity index (χ4v) is 2.49. The van der Waals surface area contributed by atoms with Crippen molar-refractivity contribution in [2.24, 2.45) is 5.41 Å². The number of hydrogen-bond donors (Lipinski definition) is 0. The fourth-order valence-electron chi connectivity index (χ4n) is 2.49. The highest BCUT2D eigenvalue weighted by molar-refractivity contribution is 5.96. The first-order valence-electron chi connectivity index (χ1n) is 6.61. The van der Waals surface area contributed by atoms with E-state index in [2.05, 4.69) is 32.9 Å². The Morgan fingerprint density at radius 3 is 2.41 bits per heavy atom. The lowest BCUT2D eigenvalue weighted by molar-refractivity contribution is 0.0940. The van der Waals surface area contributed by atoms with Gasteiger partial charge in [-0.2, -0.15) is 0 Å². The summed E-state index contributed by atoms with van der Waals surface area (Å²) in [7, 11) is 0. The number of carbonyl (C=O) groups excluding carboxylic acids is 1. The number of rotatable bonds is 2. The predicted octanol–water partition coefficient (Wildman–Crippen LogP) is 4.18. The zero-order valence-electron chi connectivity index (χ0n) is 11.2. The summed E-state index contributed by atoms with van der Waals surface area (Å²) in [5.74, 6) is 0.283. The highest BCUT2D eigenvalue weighted by Crippen LogP contribution is 2.25. The molecule has 1 aromatic rings. The van der Waals surface area contributed by atoms with Crippen LogP contribution in [0.1, 0.15) is 61.5 Å². The third kappa shape index (κ3) is 3.18.